The molecule has 0 heterocycles. The molecule has 0 unspecified atom stereocenters. The number of carboxylic acids is 1. The molecule has 1 aliphatic rings. The average Bonchev–Trinajstić information content (AvgIpc) is 1.98. The first-order chi connectivity index (χ1) is 6.02. The Morgan fingerprint density at radius 3 is 2.38 bits per heavy atom. The molecule has 4 nitrogen and oxygen atoms in total. The third-order valence-electron chi connectivity index (χ3n) is 2.46. The van der Waals surface area contributed by atoms with Crippen molar-refractivity contribution in [3.63, 3.8) is 0 Å². The maximum absolute atomic E-state index is 11.2. The normalized spacial score (nSPS) is 18.8. The van der Waals surface area contributed by atoms with E-state index in [1.807, 2.05) is 6.92 Å². The summed E-state index contributed by atoms with van der Waals surface area (Å²) in [6, 6.07) is 0. The lowest BCUT2D eigenvalue weighted by Gasteiger charge is -2.39. The van der Waals surface area contributed by atoms with Gasteiger partial charge in [-0.15, -0.1) is 0 Å². The standard InChI is InChI=1S/C9H15NO3/c1-9(5-2-6-9)10-7(11)3-4-8(12)13/h2-6H2,1H3,(H,10,11)(H,12,13). The second-order valence-corrected chi connectivity index (χ2v) is 3.86. The van der Waals surface area contributed by atoms with E-state index in [-0.39, 0.29) is 24.3 Å². The maximum atomic E-state index is 11.2. The van der Waals surface area contributed by atoms with Crippen molar-refractivity contribution in [2.24, 2.45) is 0 Å². The van der Waals surface area contributed by atoms with E-state index in [2.05, 4.69) is 5.32 Å². The van der Waals surface area contributed by atoms with Crippen LogP contribution in [-0.4, -0.2) is 22.5 Å². The van der Waals surface area contributed by atoms with Crippen molar-refractivity contribution in [3.8, 4) is 0 Å². The van der Waals surface area contributed by atoms with E-state index >= 15 is 0 Å². The summed E-state index contributed by atoms with van der Waals surface area (Å²) in [6.45, 7) is 2.00. The van der Waals surface area contributed by atoms with Gasteiger partial charge in [0.05, 0.1) is 6.42 Å². The molecule has 0 radical (unpaired) electrons. The highest BCUT2D eigenvalue weighted by Crippen LogP contribution is 2.30. The molecule has 74 valence electrons. The molecule has 1 aliphatic carbocycles. The summed E-state index contributed by atoms with van der Waals surface area (Å²) in [7, 11) is 0. The highest BCUT2D eigenvalue weighted by atomic mass is 16.4. The quantitative estimate of drug-likeness (QED) is 0.684. The zero-order valence-corrected chi connectivity index (χ0v) is 7.80. The number of nitrogens with one attached hydrogen (secondary N) is 1. The van der Waals surface area contributed by atoms with Crippen LogP contribution in [0.4, 0.5) is 0 Å². The molecule has 0 spiro atoms. The molecule has 1 rings (SSSR count). The van der Waals surface area contributed by atoms with Crippen LogP contribution in [0.2, 0.25) is 0 Å². The summed E-state index contributed by atoms with van der Waals surface area (Å²) in [5.41, 5.74) is -0.0599. The molecule has 0 aromatic heterocycles. The van der Waals surface area contributed by atoms with Crippen LogP contribution in [0.1, 0.15) is 39.0 Å². The molecule has 13 heavy (non-hydrogen) atoms. The summed E-state index contributed by atoms with van der Waals surface area (Å²) in [4.78, 5) is 21.4. The summed E-state index contributed by atoms with van der Waals surface area (Å²) >= 11 is 0. The van der Waals surface area contributed by atoms with Crippen LogP contribution in [0, 0.1) is 0 Å². The van der Waals surface area contributed by atoms with Gasteiger partial charge in [-0.25, -0.2) is 0 Å². The number of hydrogen-bond donors (Lipinski definition) is 2. The first-order valence-electron chi connectivity index (χ1n) is 4.55. The van der Waals surface area contributed by atoms with Crippen molar-refractivity contribution < 1.29 is 14.7 Å². The zero-order chi connectivity index (χ0) is 9.90. The molecule has 0 bridgehead atoms. The van der Waals surface area contributed by atoms with E-state index in [1.165, 1.54) is 0 Å². The van der Waals surface area contributed by atoms with E-state index in [9.17, 15) is 9.59 Å². The van der Waals surface area contributed by atoms with Crippen molar-refractivity contribution in [1.29, 1.82) is 0 Å². The van der Waals surface area contributed by atoms with Gasteiger partial charge < -0.3 is 10.4 Å². The van der Waals surface area contributed by atoms with Crippen LogP contribution in [-0.2, 0) is 9.59 Å². The Kier molecular flexibility index (Phi) is 2.90. The van der Waals surface area contributed by atoms with E-state index < -0.39 is 5.97 Å². The fraction of sp³-hybridized carbons (Fsp3) is 0.778. The van der Waals surface area contributed by atoms with Crippen molar-refractivity contribution >= 4 is 11.9 Å². The minimum atomic E-state index is -0.922. The van der Waals surface area contributed by atoms with Crippen molar-refractivity contribution in [1.82, 2.24) is 5.32 Å². The van der Waals surface area contributed by atoms with Crippen molar-refractivity contribution in [2.45, 2.75) is 44.6 Å². The Morgan fingerprint density at radius 1 is 1.38 bits per heavy atom. The minimum absolute atomic E-state index is 0.0599. The Balaban J connectivity index is 2.21. The molecule has 0 aliphatic heterocycles. The molecular weight excluding hydrogens is 170 g/mol. The Labute approximate surface area is 77.3 Å². The van der Waals surface area contributed by atoms with Crippen molar-refractivity contribution in [2.75, 3.05) is 0 Å². The van der Waals surface area contributed by atoms with Gasteiger partial charge in [0.1, 0.15) is 0 Å². The summed E-state index contributed by atoms with van der Waals surface area (Å²) in [5.74, 6) is -1.07. The lowest BCUT2D eigenvalue weighted by Crippen LogP contribution is -2.50. The molecule has 1 fully saturated rings. The number of hydrogen-bond acceptors (Lipinski definition) is 2. The topological polar surface area (TPSA) is 66.4 Å². The van der Waals surface area contributed by atoms with Gasteiger partial charge in [-0.05, 0) is 26.2 Å². The average molecular weight is 185 g/mol. The summed E-state index contributed by atoms with van der Waals surface area (Å²) in [6.07, 6.45) is 3.17. The third kappa shape index (κ3) is 3.05. The molecule has 2 N–H and O–H groups in total. The van der Waals surface area contributed by atoms with Gasteiger partial charge >= 0.3 is 5.97 Å². The largest absolute Gasteiger partial charge is 0.481 e. The van der Waals surface area contributed by atoms with E-state index in [0.717, 1.165) is 19.3 Å². The molecular formula is C9H15NO3. The highest BCUT2D eigenvalue weighted by molar-refractivity contribution is 5.81. The van der Waals surface area contributed by atoms with E-state index in [0.29, 0.717) is 0 Å². The predicted molar refractivity (Wildman–Crippen MR) is 47.3 cm³/mol. The lowest BCUT2D eigenvalue weighted by molar-refractivity contribution is -0.139. The molecule has 0 saturated heterocycles. The number of aliphatic carboxylic acids is 1. The van der Waals surface area contributed by atoms with Gasteiger partial charge in [-0.3, -0.25) is 9.59 Å². The van der Waals surface area contributed by atoms with Crippen LogP contribution >= 0.6 is 0 Å². The lowest BCUT2D eigenvalue weighted by atomic mass is 9.78. The molecule has 0 atom stereocenters. The number of carbonyl (C=O) groups is 2. The monoisotopic (exact) mass is 185 g/mol. The number of carboxylic acid groups (broad SMARTS) is 1. The SMILES string of the molecule is CC1(NC(=O)CCC(=O)O)CCC1. The van der Waals surface area contributed by atoms with Gasteiger partial charge in [0, 0.05) is 12.0 Å². The first-order valence-corrected chi connectivity index (χ1v) is 4.55. The molecule has 0 aromatic carbocycles. The number of rotatable bonds is 4. The second kappa shape index (κ2) is 3.77. The Morgan fingerprint density at radius 2 is 2.00 bits per heavy atom. The molecule has 0 aromatic rings. The first kappa shape index (κ1) is 10.0. The van der Waals surface area contributed by atoms with Gasteiger partial charge in [0.15, 0.2) is 0 Å². The molecule has 1 saturated carbocycles. The van der Waals surface area contributed by atoms with Gasteiger partial charge in [-0.2, -0.15) is 0 Å². The van der Waals surface area contributed by atoms with Crippen molar-refractivity contribution in [3.05, 3.63) is 0 Å². The van der Waals surface area contributed by atoms with E-state index in [4.69, 9.17) is 5.11 Å². The fourth-order valence-electron chi connectivity index (χ4n) is 1.45. The highest BCUT2D eigenvalue weighted by Gasteiger charge is 2.32. The van der Waals surface area contributed by atoms with Gasteiger partial charge in [0.25, 0.3) is 0 Å². The van der Waals surface area contributed by atoms with Crippen LogP contribution < -0.4 is 5.32 Å². The van der Waals surface area contributed by atoms with Gasteiger partial charge in [-0.1, -0.05) is 0 Å². The molecule has 4 heteroatoms. The zero-order valence-electron chi connectivity index (χ0n) is 7.80. The Bertz CT molecular complexity index is 221. The predicted octanol–water partition coefficient (Wildman–Crippen LogP) is 0.910. The smallest absolute Gasteiger partial charge is 0.303 e. The Hall–Kier alpha value is -1.06. The minimum Gasteiger partial charge on any atom is -0.481 e. The fourth-order valence-corrected chi connectivity index (χ4v) is 1.45. The number of amides is 1. The van der Waals surface area contributed by atoms with Crippen LogP contribution in [0.3, 0.4) is 0 Å². The molecule has 1 amide bonds. The van der Waals surface area contributed by atoms with Gasteiger partial charge in [0.2, 0.25) is 5.91 Å². The summed E-state index contributed by atoms with van der Waals surface area (Å²) in [5, 5.41) is 11.2. The summed E-state index contributed by atoms with van der Waals surface area (Å²) < 4.78 is 0. The maximum Gasteiger partial charge on any atom is 0.303 e. The van der Waals surface area contributed by atoms with Crippen LogP contribution in [0.15, 0.2) is 0 Å². The second-order valence-electron chi connectivity index (χ2n) is 3.86. The number of carbonyl (C=O) groups excluding carboxylic acids is 1. The third-order valence-corrected chi connectivity index (χ3v) is 2.46. The van der Waals surface area contributed by atoms with Crippen LogP contribution in [0.25, 0.3) is 0 Å². The van der Waals surface area contributed by atoms with E-state index in [1.54, 1.807) is 0 Å². The van der Waals surface area contributed by atoms with Crippen LogP contribution in [0.5, 0.6) is 0 Å².